The fraction of sp³-hybridized carbons (Fsp3) is 0.875. The van der Waals surface area contributed by atoms with Crippen molar-refractivity contribution in [1.29, 1.82) is 0 Å². The Labute approximate surface area is 117 Å². The van der Waals surface area contributed by atoms with Crippen LogP contribution in [0.4, 0.5) is 0 Å². The van der Waals surface area contributed by atoms with Crippen LogP contribution < -0.4 is 0 Å². The summed E-state index contributed by atoms with van der Waals surface area (Å²) in [5, 5.41) is 19.4. The van der Waals surface area contributed by atoms with Crippen molar-refractivity contribution in [2.24, 2.45) is 0 Å². The molecule has 19 heavy (non-hydrogen) atoms. The van der Waals surface area contributed by atoms with Crippen LogP contribution in [-0.2, 0) is 4.74 Å². The molecule has 0 radical (unpaired) electrons. The topological polar surface area (TPSA) is 53.0 Å². The van der Waals surface area contributed by atoms with Crippen LogP contribution in [-0.4, -0.2) is 35.1 Å². The maximum Gasteiger partial charge on any atom is 0.0835 e. The number of hydrogen-bond acceptors (Lipinski definition) is 3. The number of rotatable bonds is 12. The molecule has 1 rings (SSSR count). The minimum absolute atomic E-state index is 0.178. The Morgan fingerprint density at radius 3 is 2.42 bits per heavy atom. The van der Waals surface area contributed by atoms with Crippen LogP contribution >= 0.6 is 0 Å². The lowest BCUT2D eigenvalue weighted by molar-refractivity contribution is 0.0125. The van der Waals surface area contributed by atoms with E-state index in [1.165, 1.54) is 38.5 Å². The summed E-state index contributed by atoms with van der Waals surface area (Å²) < 4.78 is 5.04. The minimum Gasteiger partial charge on any atom is -0.390 e. The molecule has 3 unspecified atom stereocenters. The third-order valence-corrected chi connectivity index (χ3v) is 3.62. The summed E-state index contributed by atoms with van der Waals surface area (Å²) in [7, 11) is 0. The molecular weight excluding hydrogens is 240 g/mol. The van der Waals surface area contributed by atoms with Crippen LogP contribution in [0.2, 0.25) is 0 Å². The van der Waals surface area contributed by atoms with E-state index in [0.29, 0.717) is 12.8 Å². The van der Waals surface area contributed by atoms with Gasteiger partial charge in [0.25, 0.3) is 0 Å². The van der Waals surface area contributed by atoms with Gasteiger partial charge in [0, 0.05) is 6.42 Å². The van der Waals surface area contributed by atoms with Gasteiger partial charge in [0.05, 0.1) is 24.9 Å². The van der Waals surface area contributed by atoms with Crippen molar-refractivity contribution in [3.63, 3.8) is 0 Å². The van der Waals surface area contributed by atoms with Crippen LogP contribution in [0, 0.1) is 0 Å². The molecule has 3 nitrogen and oxygen atoms in total. The molecule has 1 saturated heterocycles. The Bertz CT molecular complexity index is 236. The van der Waals surface area contributed by atoms with Gasteiger partial charge < -0.3 is 14.9 Å². The lowest BCUT2D eigenvalue weighted by atomic mass is 10.0. The minimum atomic E-state index is -0.648. The van der Waals surface area contributed by atoms with Gasteiger partial charge in [-0.1, -0.05) is 51.2 Å². The van der Waals surface area contributed by atoms with Gasteiger partial charge in [-0.3, -0.25) is 0 Å². The van der Waals surface area contributed by atoms with Gasteiger partial charge >= 0.3 is 0 Å². The number of epoxide rings is 1. The van der Waals surface area contributed by atoms with Gasteiger partial charge in [-0.25, -0.2) is 0 Å². The van der Waals surface area contributed by atoms with Crippen molar-refractivity contribution in [2.75, 3.05) is 6.61 Å². The Kier molecular flexibility index (Phi) is 9.14. The summed E-state index contributed by atoms with van der Waals surface area (Å²) >= 11 is 0. The Morgan fingerprint density at radius 1 is 1.05 bits per heavy atom. The largest absolute Gasteiger partial charge is 0.390 e. The zero-order chi connectivity index (χ0) is 13.9. The van der Waals surface area contributed by atoms with Crippen molar-refractivity contribution in [2.45, 2.75) is 83.0 Å². The van der Waals surface area contributed by atoms with Crippen molar-refractivity contribution in [1.82, 2.24) is 0 Å². The zero-order valence-electron chi connectivity index (χ0n) is 12.3. The van der Waals surface area contributed by atoms with Crippen LogP contribution in [0.15, 0.2) is 12.2 Å². The highest BCUT2D eigenvalue weighted by Crippen LogP contribution is 2.18. The monoisotopic (exact) mass is 270 g/mol. The molecule has 3 atom stereocenters. The second-order valence-corrected chi connectivity index (χ2v) is 5.59. The molecule has 1 fully saturated rings. The van der Waals surface area contributed by atoms with Crippen molar-refractivity contribution >= 4 is 0 Å². The number of ether oxygens (including phenoxy) is 1. The molecule has 0 amide bonds. The molecule has 0 bridgehead atoms. The number of aliphatic hydroxyl groups excluding tert-OH is 2. The number of aliphatic hydroxyl groups is 2. The van der Waals surface area contributed by atoms with Crippen LogP contribution in [0.1, 0.15) is 64.7 Å². The van der Waals surface area contributed by atoms with E-state index < -0.39 is 12.2 Å². The first kappa shape index (κ1) is 16.7. The molecule has 1 heterocycles. The first-order chi connectivity index (χ1) is 9.24. The van der Waals surface area contributed by atoms with E-state index in [1.807, 2.05) is 6.08 Å². The lowest BCUT2D eigenvalue weighted by Gasteiger charge is -2.14. The zero-order valence-corrected chi connectivity index (χ0v) is 12.3. The molecule has 1 aliphatic rings. The second kappa shape index (κ2) is 10.4. The molecule has 0 aliphatic carbocycles. The molecule has 1 aliphatic heterocycles. The van der Waals surface area contributed by atoms with Gasteiger partial charge in [0.2, 0.25) is 0 Å². The first-order valence-electron chi connectivity index (χ1n) is 7.86. The van der Waals surface area contributed by atoms with E-state index >= 15 is 0 Å². The third kappa shape index (κ3) is 9.20. The van der Waals surface area contributed by atoms with Gasteiger partial charge in [0.1, 0.15) is 0 Å². The Morgan fingerprint density at radius 2 is 1.74 bits per heavy atom. The summed E-state index contributed by atoms with van der Waals surface area (Å²) in [4.78, 5) is 0. The third-order valence-electron chi connectivity index (χ3n) is 3.62. The number of hydrogen-bond donors (Lipinski definition) is 2. The van der Waals surface area contributed by atoms with Gasteiger partial charge in [-0.2, -0.15) is 0 Å². The normalized spacial score (nSPS) is 21.7. The Balaban J connectivity index is 1.90. The summed E-state index contributed by atoms with van der Waals surface area (Å²) in [6.45, 7) is 2.97. The quantitative estimate of drug-likeness (QED) is 0.325. The fourth-order valence-corrected chi connectivity index (χ4v) is 2.18. The van der Waals surface area contributed by atoms with E-state index in [1.54, 1.807) is 0 Å². The molecule has 0 aromatic carbocycles. The number of unbranched alkanes of at least 4 members (excludes halogenated alkanes) is 6. The summed E-state index contributed by atoms with van der Waals surface area (Å²) in [5.74, 6) is 0. The molecular formula is C16H30O3. The van der Waals surface area contributed by atoms with Crippen molar-refractivity contribution in [3.8, 4) is 0 Å². The van der Waals surface area contributed by atoms with Gasteiger partial charge in [-0.05, 0) is 19.3 Å². The Hall–Kier alpha value is -0.380. The second-order valence-electron chi connectivity index (χ2n) is 5.59. The highest BCUT2D eigenvalue weighted by Gasteiger charge is 2.28. The van der Waals surface area contributed by atoms with Gasteiger partial charge in [0.15, 0.2) is 0 Å². The van der Waals surface area contributed by atoms with Crippen LogP contribution in [0.3, 0.4) is 0 Å². The van der Waals surface area contributed by atoms with E-state index in [-0.39, 0.29) is 6.10 Å². The fourth-order valence-electron chi connectivity index (χ4n) is 2.18. The smallest absolute Gasteiger partial charge is 0.0835 e. The lowest BCUT2D eigenvalue weighted by Crippen LogP contribution is -2.26. The average molecular weight is 270 g/mol. The predicted octanol–water partition coefficient (Wildman–Crippen LogP) is 3.19. The van der Waals surface area contributed by atoms with Crippen LogP contribution in [0.5, 0.6) is 0 Å². The van der Waals surface area contributed by atoms with Crippen molar-refractivity contribution in [3.05, 3.63) is 12.2 Å². The highest BCUT2D eigenvalue weighted by atomic mass is 16.6. The van der Waals surface area contributed by atoms with E-state index in [9.17, 15) is 10.2 Å². The molecule has 0 aromatic rings. The van der Waals surface area contributed by atoms with Crippen LogP contribution in [0.25, 0.3) is 0 Å². The standard InChI is InChI=1S/C16H30O3/c1-2-3-4-5-6-7-8-9-10-11-15(17)16(18)12-14-13-19-14/h9-10,14-18H,2-8,11-13H2,1H3/b10-9-. The van der Waals surface area contributed by atoms with E-state index in [0.717, 1.165) is 13.0 Å². The molecule has 2 N–H and O–H groups in total. The van der Waals surface area contributed by atoms with Crippen molar-refractivity contribution < 1.29 is 14.9 Å². The summed E-state index contributed by atoms with van der Waals surface area (Å²) in [5.41, 5.74) is 0. The molecule has 0 saturated carbocycles. The van der Waals surface area contributed by atoms with E-state index in [2.05, 4.69) is 13.0 Å². The first-order valence-corrected chi connectivity index (χ1v) is 7.86. The molecule has 112 valence electrons. The predicted molar refractivity (Wildman–Crippen MR) is 78.1 cm³/mol. The SMILES string of the molecule is CCCCCCCC/C=C\CC(O)C(O)CC1CO1. The number of allylic oxidation sites excluding steroid dienone is 1. The summed E-state index contributed by atoms with van der Waals surface area (Å²) in [6.07, 6.45) is 13.1. The average Bonchev–Trinajstić information content (AvgIpc) is 3.20. The highest BCUT2D eigenvalue weighted by molar-refractivity contribution is 4.87. The van der Waals surface area contributed by atoms with E-state index in [4.69, 9.17) is 4.74 Å². The maximum absolute atomic E-state index is 9.74. The van der Waals surface area contributed by atoms with Gasteiger partial charge in [-0.15, -0.1) is 0 Å². The molecule has 0 spiro atoms. The summed E-state index contributed by atoms with van der Waals surface area (Å²) in [6, 6.07) is 0. The molecule has 0 aromatic heterocycles. The maximum atomic E-state index is 9.74. The molecule has 3 heteroatoms.